The Hall–Kier alpha value is -2.03. The number of terminal acetylenes is 1. The summed E-state index contributed by atoms with van der Waals surface area (Å²) in [7, 11) is 2.95. The van der Waals surface area contributed by atoms with Crippen molar-refractivity contribution in [2.45, 2.75) is 25.8 Å². The molecule has 0 fully saturated rings. The number of nitrogens with one attached hydrogen (secondary N) is 1. The van der Waals surface area contributed by atoms with Gasteiger partial charge in [-0.25, -0.2) is 0 Å². The highest BCUT2D eigenvalue weighted by Gasteiger charge is 2.10. The van der Waals surface area contributed by atoms with E-state index >= 15 is 0 Å². The van der Waals surface area contributed by atoms with Crippen molar-refractivity contribution < 1.29 is 9.47 Å². The van der Waals surface area contributed by atoms with E-state index in [-0.39, 0.29) is 18.1 Å². The Bertz CT molecular complexity index is 381. The molecule has 17 heavy (non-hydrogen) atoms. The Morgan fingerprint density at radius 3 is 2.24 bits per heavy atom. The minimum Gasteiger partial charge on any atom is -0.467 e. The first-order valence-corrected chi connectivity index (χ1v) is 5.30. The molecule has 6 heteroatoms. The summed E-state index contributed by atoms with van der Waals surface area (Å²) in [4.78, 5) is 12.0. The Labute approximate surface area is 101 Å². The lowest BCUT2D eigenvalue weighted by Crippen LogP contribution is -2.19. The van der Waals surface area contributed by atoms with Crippen LogP contribution in [-0.4, -0.2) is 35.2 Å². The first-order chi connectivity index (χ1) is 8.23. The van der Waals surface area contributed by atoms with E-state index in [0.717, 1.165) is 12.8 Å². The summed E-state index contributed by atoms with van der Waals surface area (Å²) in [6, 6.07) is 0.259. The quantitative estimate of drug-likeness (QED) is 0.746. The van der Waals surface area contributed by atoms with Gasteiger partial charge >= 0.3 is 12.0 Å². The maximum Gasteiger partial charge on any atom is 0.324 e. The fourth-order valence-electron chi connectivity index (χ4n) is 1.23. The Morgan fingerprint density at radius 1 is 1.24 bits per heavy atom. The van der Waals surface area contributed by atoms with E-state index in [1.807, 2.05) is 0 Å². The molecule has 6 nitrogen and oxygen atoms in total. The van der Waals surface area contributed by atoms with Gasteiger partial charge < -0.3 is 14.8 Å². The van der Waals surface area contributed by atoms with E-state index < -0.39 is 0 Å². The van der Waals surface area contributed by atoms with Gasteiger partial charge in [0, 0.05) is 0 Å². The number of anilines is 1. The van der Waals surface area contributed by atoms with Gasteiger partial charge in [-0.15, -0.1) is 11.4 Å². The zero-order chi connectivity index (χ0) is 12.7. The molecule has 0 amide bonds. The second-order valence-corrected chi connectivity index (χ2v) is 3.28. The van der Waals surface area contributed by atoms with Crippen molar-refractivity contribution in [3.05, 3.63) is 0 Å². The van der Waals surface area contributed by atoms with Crippen LogP contribution in [-0.2, 0) is 0 Å². The average Bonchev–Trinajstić information content (AvgIpc) is 2.37. The van der Waals surface area contributed by atoms with Crippen LogP contribution in [0.2, 0.25) is 0 Å². The lowest BCUT2D eigenvalue weighted by Gasteiger charge is -2.12. The summed E-state index contributed by atoms with van der Waals surface area (Å²) in [5, 5.41) is 3.02. The van der Waals surface area contributed by atoms with Crippen molar-refractivity contribution in [3.63, 3.8) is 0 Å². The minimum atomic E-state index is -0.114. The highest BCUT2D eigenvalue weighted by Crippen LogP contribution is 2.13. The molecule has 0 saturated heterocycles. The summed E-state index contributed by atoms with van der Waals surface area (Å²) in [5.74, 6) is 2.99. The summed E-state index contributed by atoms with van der Waals surface area (Å²) in [6.07, 6.45) is 7.22. The van der Waals surface area contributed by atoms with Gasteiger partial charge in [-0.2, -0.15) is 9.97 Å². The van der Waals surface area contributed by atoms with Gasteiger partial charge in [-0.3, -0.25) is 0 Å². The maximum absolute atomic E-state index is 5.40. The van der Waals surface area contributed by atoms with Crippen molar-refractivity contribution in [1.82, 2.24) is 15.0 Å². The number of aromatic nitrogens is 3. The van der Waals surface area contributed by atoms with Crippen molar-refractivity contribution in [2.75, 3.05) is 19.5 Å². The smallest absolute Gasteiger partial charge is 0.324 e. The van der Waals surface area contributed by atoms with Crippen LogP contribution < -0.4 is 14.8 Å². The van der Waals surface area contributed by atoms with Crippen LogP contribution in [0.15, 0.2) is 0 Å². The predicted molar refractivity (Wildman–Crippen MR) is 64.1 cm³/mol. The molecular weight excluding hydrogens is 220 g/mol. The third kappa shape index (κ3) is 3.79. The third-order valence-corrected chi connectivity index (χ3v) is 2.04. The Balaban J connectivity index is 2.86. The molecule has 92 valence electrons. The molecule has 0 aromatic carbocycles. The number of hydrogen-bond acceptors (Lipinski definition) is 6. The molecule has 1 atom stereocenters. The Morgan fingerprint density at radius 2 is 1.82 bits per heavy atom. The molecule has 1 N–H and O–H groups in total. The topological polar surface area (TPSA) is 69.2 Å². The second-order valence-electron chi connectivity index (χ2n) is 3.28. The highest BCUT2D eigenvalue weighted by atomic mass is 16.5. The van der Waals surface area contributed by atoms with Crippen LogP contribution >= 0.6 is 0 Å². The molecule has 1 aromatic heterocycles. The molecule has 1 aromatic rings. The molecule has 0 aliphatic rings. The number of hydrogen-bond donors (Lipinski definition) is 1. The monoisotopic (exact) mass is 236 g/mol. The van der Waals surface area contributed by atoms with E-state index in [0.29, 0.717) is 5.95 Å². The van der Waals surface area contributed by atoms with Gasteiger partial charge in [-0.05, 0) is 6.42 Å². The van der Waals surface area contributed by atoms with Crippen molar-refractivity contribution in [3.8, 4) is 24.4 Å². The second kappa shape index (κ2) is 6.53. The molecule has 0 aliphatic carbocycles. The lowest BCUT2D eigenvalue weighted by molar-refractivity contribution is 0.341. The van der Waals surface area contributed by atoms with Crippen LogP contribution in [0.25, 0.3) is 0 Å². The SMILES string of the molecule is C#CC(CCC)Nc1nc(OC)nc(OC)n1. The average molecular weight is 236 g/mol. The van der Waals surface area contributed by atoms with Gasteiger partial charge in [-0.1, -0.05) is 19.3 Å². The molecule has 1 unspecified atom stereocenters. The van der Waals surface area contributed by atoms with Crippen LogP contribution in [0, 0.1) is 12.3 Å². The van der Waals surface area contributed by atoms with Crippen LogP contribution in [0.4, 0.5) is 5.95 Å². The highest BCUT2D eigenvalue weighted by molar-refractivity contribution is 5.32. The summed E-state index contributed by atoms with van der Waals surface area (Å²) in [6.45, 7) is 2.06. The molecule has 0 spiro atoms. The fourth-order valence-corrected chi connectivity index (χ4v) is 1.23. The fraction of sp³-hybridized carbons (Fsp3) is 0.545. The standard InChI is InChI=1S/C11H16N4O2/c1-5-7-8(6-2)12-9-13-10(16-3)15-11(14-9)17-4/h2,8H,5,7H2,1,3-4H3,(H,12,13,14,15). The maximum atomic E-state index is 5.40. The van der Waals surface area contributed by atoms with E-state index in [9.17, 15) is 0 Å². The normalized spacial score (nSPS) is 11.4. The molecule has 0 bridgehead atoms. The summed E-state index contributed by atoms with van der Waals surface area (Å²) in [5.41, 5.74) is 0. The van der Waals surface area contributed by atoms with Crippen LogP contribution in [0.5, 0.6) is 12.0 Å². The first kappa shape index (κ1) is 13.0. The Kier molecular flexibility index (Phi) is 5.01. The zero-order valence-electron chi connectivity index (χ0n) is 10.2. The van der Waals surface area contributed by atoms with Crippen molar-refractivity contribution in [2.24, 2.45) is 0 Å². The molecular formula is C11H16N4O2. The zero-order valence-corrected chi connectivity index (χ0v) is 10.2. The van der Waals surface area contributed by atoms with Gasteiger partial charge in [0.2, 0.25) is 5.95 Å². The van der Waals surface area contributed by atoms with E-state index in [2.05, 4.69) is 33.1 Å². The first-order valence-electron chi connectivity index (χ1n) is 5.30. The predicted octanol–water partition coefficient (Wildman–Crippen LogP) is 1.10. The van der Waals surface area contributed by atoms with E-state index in [1.165, 1.54) is 14.2 Å². The summed E-state index contributed by atoms with van der Waals surface area (Å²) < 4.78 is 9.88. The van der Waals surface area contributed by atoms with Crippen LogP contribution in [0.1, 0.15) is 19.8 Å². The molecule has 1 rings (SSSR count). The largest absolute Gasteiger partial charge is 0.467 e. The number of ether oxygens (including phenoxy) is 2. The molecule has 0 radical (unpaired) electrons. The number of nitrogens with zero attached hydrogens (tertiary/aromatic N) is 3. The van der Waals surface area contributed by atoms with E-state index in [1.54, 1.807) is 0 Å². The summed E-state index contributed by atoms with van der Waals surface area (Å²) >= 11 is 0. The minimum absolute atomic E-state index is 0.114. The van der Waals surface area contributed by atoms with E-state index in [4.69, 9.17) is 15.9 Å². The number of rotatable bonds is 6. The van der Waals surface area contributed by atoms with Gasteiger partial charge in [0.1, 0.15) is 0 Å². The lowest BCUT2D eigenvalue weighted by atomic mass is 10.2. The molecule has 0 saturated carbocycles. The van der Waals surface area contributed by atoms with Crippen molar-refractivity contribution >= 4 is 5.95 Å². The third-order valence-electron chi connectivity index (χ3n) is 2.04. The van der Waals surface area contributed by atoms with Gasteiger partial charge in [0.25, 0.3) is 0 Å². The van der Waals surface area contributed by atoms with Gasteiger partial charge in [0.15, 0.2) is 0 Å². The van der Waals surface area contributed by atoms with Crippen LogP contribution in [0.3, 0.4) is 0 Å². The van der Waals surface area contributed by atoms with Gasteiger partial charge in [0.05, 0.1) is 20.3 Å². The van der Waals surface area contributed by atoms with Crippen molar-refractivity contribution in [1.29, 1.82) is 0 Å². The molecule has 0 aliphatic heterocycles. The number of methoxy groups -OCH3 is 2. The molecule has 1 heterocycles.